The third-order valence-electron chi connectivity index (χ3n) is 3.66. The van der Waals surface area contributed by atoms with Crippen molar-refractivity contribution < 1.29 is 32.6 Å². The molecule has 7 nitrogen and oxygen atoms in total. The number of nitrogens with zero attached hydrogens (tertiary/aromatic N) is 1. The Balaban J connectivity index is 2.08. The molecule has 10 heteroatoms. The highest BCUT2D eigenvalue weighted by atomic mass is 19.2. The molecule has 0 saturated carbocycles. The molecule has 0 aliphatic carbocycles. The van der Waals surface area contributed by atoms with Crippen molar-refractivity contribution in [3.05, 3.63) is 35.8 Å². The summed E-state index contributed by atoms with van der Waals surface area (Å²) in [6.45, 7) is -0.429. The lowest BCUT2D eigenvalue weighted by atomic mass is 10.1. The van der Waals surface area contributed by atoms with Crippen LogP contribution in [0.4, 0.5) is 29.3 Å². The monoisotopic (exact) mass is 373 g/mol. The van der Waals surface area contributed by atoms with Crippen LogP contribution in [0.5, 0.6) is 0 Å². The molecule has 26 heavy (non-hydrogen) atoms. The Bertz CT molecular complexity index is 727. The van der Waals surface area contributed by atoms with Gasteiger partial charge in [-0.1, -0.05) is 0 Å². The Hall–Kier alpha value is -2.75. The number of aliphatic hydroxyl groups is 1. The molecule has 1 aromatic carbocycles. The molecule has 0 spiro atoms. The molecule has 142 valence electrons. The standard InChI is InChI=1S/C16H18F3N3O4/c1-26-16(25)21-8-10(24)7-20-12-6-11(17)15(14(19)13(12)18)22-4-2-9(23)3-5-22/h2,4,6,10,20,24H,3,5,7-8H2,1H3,(H,21,25)/t10-/m1/s1. The van der Waals surface area contributed by atoms with E-state index in [-0.39, 0.29) is 31.8 Å². The second-order valence-electron chi connectivity index (χ2n) is 5.52. The molecule has 2 rings (SSSR count). The quantitative estimate of drug-likeness (QED) is 0.655. The van der Waals surface area contributed by atoms with Gasteiger partial charge in [0.25, 0.3) is 0 Å². The van der Waals surface area contributed by atoms with Crippen molar-refractivity contribution in [2.24, 2.45) is 0 Å². The summed E-state index contributed by atoms with van der Waals surface area (Å²) in [6, 6.07) is 0.762. The van der Waals surface area contributed by atoms with Crippen molar-refractivity contribution in [1.82, 2.24) is 5.32 Å². The molecule has 3 N–H and O–H groups in total. The molecule has 0 unspecified atom stereocenters. The van der Waals surface area contributed by atoms with Gasteiger partial charge in [-0.25, -0.2) is 18.0 Å². The lowest BCUT2D eigenvalue weighted by Crippen LogP contribution is -2.35. The van der Waals surface area contributed by atoms with Crippen molar-refractivity contribution in [1.29, 1.82) is 0 Å². The van der Waals surface area contributed by atoms with Gasteiger partial charge in [0.05, 0.1) is 18.9 Å². The molecule has 0 bridgehead atoms. The summed E-state index contributed by atoms with van der Waals surface area (Å²) < 4.78 is 47.0. The number of anilines is 2. The fourth-order valence-electron chi connectivity index (χ4n) is 2.30. The minimum Gasteiger partial charge on any atom is -0.453 e. The van der Waals surface area contributed by atoms with Crippen LogP contribution in [0.1, 0.15) is 6.42 Å². The molecule has 0 saturated heterocycles. The maximum absolute atomic E-state index is 14.3. The molecule has 0 aromatic heterocycles. The molecular weight excluding hydrogens is 355 g/mol. The molecule has 1 aliphatic rings. The van der Waals surface area contributed by atoms with Crippen LogP contribution in [0.15, 0.2) is 18.3 Å². The lowest BCUT2D eigenvalue weighted by Gasteiger charge is -2.24. The number of benzene rings is 1. The number of allylic oxidation sites excluding steroid dienone is 1. The van der Waals surface area contributed by atoms with Gasteiger partial charge < -0.3 is 25.4 Å². The smallest absolute Gasteiger partial charge is 0.406 e. The summed E-state index contributed by atoms with van der Waals surface area (Å²) in [5, 5.41) is 14.3. The molecule has 0 radical (unpaired) electrons. The predicted octanol–water partition coefficient (Wildman–Crippen LogP) is 1.53. The zero-order valence-electron chi connectivity index (χ0n) is 13.9. The first-order valence-corrected chi connectivity index (χ1v) is 7.72. The highest BCUT2D eigenvalue weighted by Crippen LogP contribution is 2.31. The maximum Gasteiger partial charge on any atom is 0.406 e. The first-order chi connectivity index (χ1) is 12.3. The normalized spacial score (nSPS) is 15.0. The third-order valence-corrected chi connectivity index (χ3v) is 3.66. The number of carbonyl (C=O) groups is 2. The van der Waals surface area contributed by atoms with Crippen molar-refractivity contribution in [2.75, 3.05) is 37.0 Å². The molecule has 1 heterocycles. The maximum atomic E-state index is 14.3. The molecular formula is C16H18F3N3O4. The molecule has 1 aliphatic heterocycles. The highest BCUT2D eigenvalue weighted by Gasteiger charge is 2.24. The number of carbonyl (C=O) groups excluding carboxylic acids is 2. The van der Waals surface area contributed by atoms with Crippen LogP contribution in [-0.2, 0) is 9.53 Å². The Morgan fingerprint density at radius 1 is 1.35 bits per heavy atom. The number of nitrogens with one attached hydrogen (secondary N) is 2. The number of hydrogen-bond donors (Lipinski definition) is 3. The van der Waals surface area contributed by atoms with E-state index in [0.29, 0.717) is 0 Å². The Morgan fingerprint density at radius 2 is 2.08 bits per heavy atom. The van der Waals surface area contributed by atoms with Crippen LogP contribution in [0.2, 0.25) is 0 Å². The Kier molecular flexibility index (Phi) is 6.45. The van der Waals surface area contributed by atoms with Crippen LogP contribution in [0.25, 0.3) is 0 Å². The molecule has 1 aromatic rings. The summed E-state index contributed by atoms with van der Waals surface area (Å²) in [7, 11) is 1.15. The van der Waals surface area contributed by atoms with E-state index >= 15 is 0 Å². The number of methoxy groups -OCH3 is 1. The van der Waals surface area contributed by atoms with Crippen LogP contribution in [0, 0.1) is 17.5 Å². The first-order valence-electron chi connectivity index (χ1n) is 7.72. The topological polar surface area (TPSA) is 90.9 Å². The average molecular weight is 373 g/mol. The van der Waals surface area contributed by atoms with E-state index in [2.05, 4.69) is 15.4 Å². The number of hydrogen-bond acceptors (Lipinski definition) is 6. The lowest BCUT2D eigenvalue weighted by molar-refractivity contribution is -0.114. The van der Waals surface area contributed by atoms with Crippen molar-refractivity contribution >= 4 is 23.3 Å². The number of rotatable bonds is 6. The average Bonchev–Trinajstić information content (AvgIpc) is 2.63. The van der Waals surface area contributed by atoms with Gasteiger partial charge in [0, 0.05) is 38.3 Å². The van der Waals surface area contributed by atoms with E-state index in [1.807, 2.05) is 0 Å². The van der Waals surface area contributed by atoms with Crippen LogP contribution in [0.3, 0.4) is 0 Å². The minimum atomic E-state index is -1.41. The predicted molar refractivity (Wildman–Crippen MR) is 87.3 cm³/mol. The van der Waals surface area contributed by atoms with Gasteiger partial charge in [0.1, 0.15) is 5.69 Å². The van der Waals surface area contributed by atoms with Gasteiger partial charge in [-0.15, -0.1) is 0 Å². The van der Waals surface area contributed by atoms with E-state index in [1.165, 1.54) is 6.20 Å². The van der Waals surface area contributed by atoms with Crippen LogP contribution < -0.4 is 15.5 Å². The van der Waals surface area contributed by atoms with Gasteiger partial charge in [-0.05, 0) is 6.08 Å². The van der Waals surface area contributed by atoms with E-state index in [0.717, 1.165) is 24.2 Å². The van der Waals surface area contributed by atoms with Crippen LogP contribution in [-0.4, -0.2) is 49.8 Å². The highest BCUT2D eigenvalue weighted by molar-refractivity contribution is 5.91. The summed E-state index contributed by atoms with van der Waals surface area (Å²) in [4.78, 5) is 23.2. The summed E-state index contributed by atoms with van der Waals surface area (Å²) >= 11 is 0. The Labute approximate surface area is 147 Å². The molecule has 1 amide bonds. The number of ketones is 1. The Morgan fingerprint density at radius 3 is 2.69 bits per heavy atom. The second kappa shape index (κ2) is 8.56. The number of amides is 1. The van der Waals surface area contributed by atoms with E-state index in [4.69, 9.17) is 0 Å². The second-order valence-corrected chi connectivity index (χ2v) is 5.52. The van der Waals surface area contributed by atoms with Crippen molar-refractivity contribution in [3.8, 4) is 0 Å². The zero-order chi connectivity index (χ0) is 19.3. The number of alkyl carbamates (subject to hydrolysis) is 1. The largest absolute Gasteiger partial charge is 0.453 e. The van der Waals surface area contributed by atoms with Gasteiger partial charge >= 0.3 is 6.09 Å². The van der Waals surface area contributed by atoms with Gasteiger partial charge in [-0.3, -0.25) is 4.79 Å². The van der Waals surface area contributed by atoms with Crippen molar-refractivity contribution in [3.63, 3.8) is 0 Å². The van der Waals surface area contributed by atoms with E-state index in [1.54, 1.807) is 0 Å². The molecule has 0 fully saturated rings. The fraction of sp³-hybridized carbons (Fsp3) is 0.375. The van der Waals surface area contributed by atoms with Gasteiger partial charge in [0.2, 0.25) is 0 Å². The number of ether oxygens (including phenoxy) is 1. The number of halogens is 3. The van der Waals surface area contributed by atoms with E-state index < -0.39 is 41.0 Å². The van der Waals surface area contributed by atoms with Gasteiger partial charge in [-0.2, -0.15) is 0 Å². The van der Waals surface area contributed by atoms with Crippen molar-refractivity contribution in [2.45, 2.75) is 12.5 Å². The SMILES string of the molecule is COC(=O)NC[C@H](O)CNc1cc(F)c(N2C=CC(=O)CC2)c(F)c1F. The van der Waals surface area contributed by atoms with Crippen LogP contribution >= 0.6 is 0 Å². The summed E-state index contributed by atoms with van der Waals surface area (Å²) in [5.74, 6) is -3.93. The summed E-state index contributed by atoms with van der Waals surface area (Å²) in [6.07, 6.45) is 0.523. The van der Waals surface area contributed by atoms with E-state index in [9.17, 15) is 27.9 Å². The number of aliphatic hydroxyl groups excluding tert-OH is 1. The first kappa shape index (κ1) is 19.6. The minimum absolute atomic E-state index is 0.0350. The summed E-state index contributed by atoms with van der Waals surface area (Å²) in [5.41, 5.74) is -1.07. The third kappa shape index (κ3) is 4.66. The molecule has 1 atom stereocenters. The van der Waals surface area contributed by atoms with Gasteiger partial charge in [0.15, 0.2) is 23.2 Å². The zero-order valence-corrected chi connectivity index (χ0v) is 13.9. The fourth-order valence-corrected chi connectivity index (χ4v) is 2.30.